The largest absolute Gasteiger partial charge is 0.369 e. The number of halogens is 3. The number of carbonyl (C=O) groups is 1. The first-order valence-corrected chi connectivity index (χ1v) is 12.2. The molecule has 1 aliphatic heterocycles. The van der Waals surface area contributed by atoms with Gasteiger partial charge in [0.05, 0.1) is 16.7 Å². The normalized spacial score (nSPS) is 14.8. The Morgan fingerprint density at radius 2 is 1.61 bits per heavy atom. The van der Waals surface area contributed by atoms with Gasteiger partial charge in [0.25, 0.3) is 5.91 Å². The molecule has 33 heavy (non-hydrogen) atoms. The molecule has 0 atom stereocenters. The lowest BCUT2D eigenvalue weighted by Gasteiger charge is -2.35. The first kappa shape index (κ1) is 23.4. The van der Waals surface area contributed by atoms with Gasteiger partial charge in [-0.1, -0.05) is 23.2 Å². The van der Waals surface area contributed by atoms with Crippen LogP contribution in [0, 0.1) is 5.82 Å². The summed E-state index contributed by atoms with van der Waals surface area (Å²) >= 11 is 12.1. The second kappa shape index (κ2) is 9.64. The van der Waals surface area contributed by atoms with Crippen LogP contribution in [0.15, 0.2) is 65.8 Å². The number of nitrogens with zero attached hydrogens (tertiary/aromatic N) is 3. The summed E-state index contributed by atoms with van der Waals surface area (Å²) in [6.45, 7) is 1.57. The first-order valence-electron chi connectivity index (χ1n) is 9.96. The van der Waals surface area contributed by atoms with Gasteiger partial charge in [0.2, 0.25) is 10.0 Å². The zero-order valence-corrected chi connectivity index (χ0v) is 19.5. The third kappa shape index (κ3) is 5.27. The molecule has 0 spiro atoms. The van der Waals surface area contributed by atoms with Crippen LogP contribution in [-0.4, -0.2) is 49.8 Å². The summed E-state index contributed by atoms with van der Waals surface area (Å²) < 4.78 is 41.3. The quantitative estimate of drug-likeness (QED) is 0.555. The maximum Gasteiger partial charge on any atom is 0.258 e. The van der Waals surface area contributed by atoms with E-state index in [1.54, 1.807) is 18.2 Å². The molecular formula is C22H19Cl2FN4O3S. The molecule has 1 aliphatic rings. The predicted molar refractivity (Wildman–Crippen MR) is 126 cm³/mol. The van der Waals surface area contributed by atoms with Gasteiger partial charge in [-0.3, -0.25) is 9.78 Å². The fourth-order valence-corrected chi connectivity index (χ4v) is 5.46. The summed E-state index contributed by atoms with van der Waals surface area (Å²) in [5, 5.41) is 3.59. The van der Waals surface area contributed by atoms with E-state index in [1.165, 1.54) is 40.8 Å². The van der Waals surface area contributed by atoms with E-state index in [9.17, 15) is 17.6 Å². The number of hydrogen-bond acceptors (Lipinski definition) is 5. The van der Waals surface area contributed by atoms with Crippen LogP contribution in [-0.2, 0) is 10.0 Å². The third-order valence-corrected chi connectivity index (χ3v) is 7.57. The number of hydrogen-bond donors (Lipinski definition) is 1. The highest BCUT2D eigenvalue weighted by Gasteiger charge is 2.28. The summed E-state index contributed by atoms with van der Waals surface area (Å²) in [4.78, 5) is 18.0. The Morgan fingerprint density at radius 1 is 0.970 bits per heavy atom. The minimum absolute atomic E-state index is 0.106. The van der Waals surface area contributed by atoms with Crippen LogP contribution in [0.3, 0.4) is 0 Å². The maximum atomic E-state index is 13.7. The van der Waals surface area contributed by atoms with Crippen molar-refractivity contribution in [2.75, 3.05) is 36.4 Å². The number of benzene rings is 2. The maximum absolute atomic E-state index is 13.7. The lowest BCUT2D eigenvalue weighted by molar-refractivity contribution is 0.102. The molecule has 1 aromatic heterocycles. The van der Waals surface area contributed by atoms with Crippen LogP contribution in [0.2, 0.25) is 10.0 Å². The van der Waals surface area contributed by atoms with Gasteiger partial charge in [0.15, 0.2) is 5.82 Å². The van der Waals surface area contributed by atoms with Crippen molar-refractivity contribution in [2.24, 2.45) is 0 Å². The summed E-state index contributed by atoms with van der Waals surface area (Å²) in [6, 6.07) is 12.3. The molecule has 2 heterocycles. The van der Waals surface area contributed by atoms with E-state index < -0.39 is 21.7 Å². The molecular weight excluding hydrogens is 490 g/mol. The van der Waals surface area contributed by atoms with E-state index in [0.29, 0.717) is 41.9 Å². The van der Waals surface area contributed by atoms with Gasteiger partial charge in [-0.2, -0.15) is 4.31 Å². The Kier molecular flexibility index (Phi) is 6.85. The SMILES string of the molecule is O=C(Nc1ccc(S(=O)(=O)N2CCN(c3cc(Cl)cc(Cl)c3)CC2)cc1)c1ccncc1F. The Morgan fingerprint density at radius 3 is 2.21 bits per heavy atom. The standard InChI is InChI=1S/C22H19Cl2FN4O3S/c23-15-11-16(24)13-18(12-15)28-7-9-29(10-8-28)33(31,32)19-3-1-17(2-4-19)27-22(30)20-5-6-26-14-21(20)25/h1-6,11-14H,7-10H2,(H,27,30). The molecule has 3 aromatic rings. The van der Waals surface area contributed by atoms with E-state index in [-0.39, 0.29) is 10.5 Å². The third-order valence-electron chi connectivity index (χ3n) is 5.22. The van der Waals surface area contributed by atoms with Crippen molar-refractivity contribution in [1.29, 1.82) is 0 Å². The number of nitrogens with one attached hydrogen (secondary N) is 1. The monoisotopic (exact) mass is 508 g/mol. The zero-order valence-electron chi connectivity index (χ0n) is 17.2. The predicted octanol–water partition coefficient (Wildman–Crippen LogP) is 4.29. The minimum Gasteiger partial charge on any atom is -0.369 e. The number of pyridine rings is 1. The number of piperazine rings is 1. The van der Waals surface area contributed by atoms with Gasteiger partial charge in [0, 0.05) is 53.8 Å². The Labute approximate surface area is 200 Å². The van der Waals surface area contributed by atoms with Crippen molar-refractivity contribution in [3.05, 3.63) is 82.4 Å². The Balaban J connectivity index is 1.41. The molecule has 2 aromatic carbocycles. The van der Waals surface area contributed by atoms with Gasteiger partial charge in [-0.05, 0) is 48.5 Å². The van der Waals surface area contributed by atoms with Crippen LogP contribution in [0.5, 0.6) is 0 Å². The van der Waals surface area contributed by atoms with Crippen molar-refractivity contribution in [3.8, 4) is 0 Å². The van der Waals surface area contributed by atoms with Crippen LogP contribution < -0.4 is 10.2 Å². The van der Waals surface area contributed by atoms with Crippen molar-refractivity contribution < 1.29 is 17.6 Å². The van der Waals surface area contributed by atoms with Crippen molar-refractivity contribution in [1.82, 2.24) is 9.29 Å². The molecule has 1 saturated heterocycles. The molecule has 0 saturated carbocycles. The molecule has 0 unspecified atom stereocenters. The minimum atomic E-state index is -3.71. The first-order chi connectivity index (χ1) is 15.7. The molecule has 0 bridgehead atoms. The van der Waals surface area contributed by atoms with Gasteiger partial charge >= 0.3 is 0 Å². The molecule has 1 fully saturated rings. The van der Waals surface area contributed by atoms with E-state index in [1.807, 2.05) is 4.90 Å². The topological polar surface area (TPSA) is 82.6 Å². The number of amides is 1. The molecule has 172 valence electrons. The van der Waals surface area contributed by atoms with E-state index in [0.717, 1.165) is 11.9 Å². The van der Waals surface area contributed by atoms with Crippen LogP contribution in [0.1, 0.15) is 10.4 Å². The highest BCUT2D eigenvalue weighted by atomic mass is 35.5. The number of rotatable bonds is 5. The zero-order chi connectivity index (χ0) is 23.6. The number of anilines is 2. The van der Waals surface area contributed by atoms with E-state index >= 15 is 0 Å². The molecule has 11 heteroatoms. The van der Waals surface area contributed by atoms with Crippen LogP contribution in [0.4, 0.5) is 15.8 Å². The second-order valence-electron chi connectivity index (χ2n) is 7.35. The van der Waals surface area contributed by atoms with Crippen LogP contribution in [0.25, 0.3) is 0 Å². The summed E-state index contributed by atoms with van der Waals surface area (Å²) in [7, 11) is -3.71. The summed E-state index contributed by atoms with van der Waals surface area (Å²) in [5.74, 6) is -1.39. The number of aromatic nitrogens is 1. The second-order valence-corrected chi connectivity index (χ2v) is 10.2. The molecule has 0 radical (unpaired) electrons. The lowest BCUT2D eigenvalue weighted by atomic mass is 10.2. The average Bonchev–Trinajstić information content (AvgIpc) is 2.79. The van der Waals surface area contributed by atoms with Gasteiger partial charge in [-0.25, -0.2) is 12.8 Å². The molecule has 1 amide bonds. The Bertz CT molecular complexity index is 1260. The molecule has 0 aliphatic carbocycles. The van der Waals surface area contributed by atoms with Gasteiger partial charge in [-0.15, -0.1) is 0 Å². The smallest absolute Gasteiger partial charge is 0.258 e. The van der Waals surface area contributed by atoms with Crippen molar-refractivity contribution in [3.63, 3.8) is 0 Å². The summed E-state index contributed by atoms with van der Waals surface area (Å²) in [6.07, 6.45) is 2.26. The van der Waals surface area contributed by atoms with Gasteiger partial charge < -0.3 is 10.2 Å². The average molecular weight is 509 g/mol. The molecule has 7 nitrogen and oxygen atoms in total. The highest BCUT2D eigenvalue weighted by Crippen LogP contribution is 2.27. The fraction of sp³-hybridized carbons (Fsp3) is 0.182. The fourth-order valence-electron chi connectivity index (χ4n) is 3.53. The van der Waals surface area contributed by atoms with E-state index in [2.05, 4.69) is 10.3 Å². The summed E-state index contributed by atoms with van der Waals surface area (Å²) in [5.41, 5.74) is 1.04. The Hall–Kier alpha value is -2.72. The van der Waals surface area contributed by atoms with Crippen molar-refractivity contribution >= 4 is 50.5 Å². The van der Waals surface area contributed by atoms with Gasteiger partial charge in [0.1, 0.15) is 0 Å². The lowest BCUT2D eigenvalue weighted by Crippen LogP contribution is -2.48. The number of carbonyl (C=O) groups excluding carboxylic acids is 1. The molecule has 4 rings (SSSR count). The highest BCUT2D eigenvalue weighted by molar-refractivity contribution is 7.89. The van der Waals surface area contributed by atoms with Crippen molar-refractivity contribution in [2.45, 2.75) is 4.90 Å². The van der Waals surface area contributed by atoms with E-state index in [4.69, 9.17) is 23.2 Å². The molecule has 1 N–H and O–H groups in total. The number of sulfonamides is 1. The van der Waals surface area contributed by atoms with Crippen LogP contribution >= 0.6 is 23.2 Å².